The molecule has 7 nitrogen and oxygen atoms in total. The maximum Gasteiger partial charge on any atom is 0.116 e. The summed E-state index contributed by atoms with van der Waals surface area (Å²) in [7, 11) is 0. The molecule has 0 saturated heterocycles. The molecule has 1 aliphatic rings. The van der Waals surface area contributed by atoms with Gasteiger partial charge in [0.1, 0.15) is 17.7 Å². The molecule has 0 spiro atoms. The zero-order valence-corrected chi connectivity index (χ0v) is 22.8. The molecule has 0 saturated carbocycles. The van der Waals surface area contributed by atoms with E-state index in [1.165, 1.54) is 16.7 Å². The number of imidazole rings is 1. The summed E-state index contributed by atoms with van der Waals surface area (Å²) < 4.78 is 0. The fourth-order valence-corrected chi connectivity index (χ4v) is 6.07. The van der Waals surface area contributed by atoms with Gasteiger partial charge in [0.2, 0.25) is 0 Å². The molecular weight excluding hydrogens is 494 g/mol. The van der Waals surface area contributed by atoms with Gasteiger partial charge in [-0.3, -0.25) is 15.0 Å². The van der Waals surface area contributed by atoms with E-state index in [2.05, 4.69) is 79.0 Å². The van der Waals surface area contributed by atoms with Gasteiger partial charge in [-0.1, -0.05) is 52.0 Å². The number of nitrogens with zero attached hydrogens (tertiary/aromatic N) is 6. The molecule has 1 aliphatic heterocycles. The Morgan fingerprint density at radius 2 is 1.45 bits per heavy atom. The molecule has 3 aromatic heterocycles. The van der Waals surface area contributed by atoms with Crippen molar-refractivity contribution in [3.05, 3.63) is 72.7 Å². The van der Waals surface area contributed by atoms with Crippen LogP contribution in [0.3, 0.4) is 0 Å². The lowest BCUT2D eigenvalue weighted by Gasteiger charge is -2.12. The van der Waals surface area contributed by atoms with Gasteiger partial charge >= 0.3 is 0 Å². The van der Waals surface area contributed by atoms with E-state index in [0.717, 1.165) is 78.2 Å². The number of aliphatic imine (C=N–C) groups is 1. The number of fused-ring (bicyclic) bond motifs is 12. The number of nitrogens with one attached hydrogen (secondary N) is 1. The maximum atomic E-state index is 5.00. The molecule has 7 heteroatoms. The molecule has 0 amide bonds. The molecule has 7 aromatic rings. The van der Waals surface area contributed by atoms with Crippen LogP contribution in [0.4, 0.5) is 5.69 Å². The van der Waals surface area contributed by atoms with E-state index >= 15 is 0 Å². The Kier molecular flexibility index (Phi) is 4.83. The van der Waals surface area contributed by atoms with Crippen LogP contribution < -0.4 is 0 Å². The molecule has 0 fully saturated rings. The van der Waals surface area contributed by atoms with Crippen molar-refractivity contribution in [3.63, 3.8) is 0 Å². The molecule has 0 unspecified atom stereocenters. The van der Waals surface area contributed by atoms with Crippen molar-refractivity contribution in [1.82, 2.24) is 29.9 Å². The molecule has 40 heavy (non-hydrogen) atoms. The highest BCUT2D eigenvalue weighted by Crippen LogP contribution is 2.43. The van der Waals surface area contributed by atoms with Crippen LogP contribution in [0.2, 0.25) is 0 Å². The number of rotatable bonds is 3. The fraction of sp³-hybridized carbons (Fsp3) is 0.212. The van der Waals surface area contributed by atoms with Gasteiger partial charge in [0.05, 0.1) is 27.8 Å². The molecule has 0 radical (unpaired) electrons. The molecule has 194 valence electrons. The number of aromatic amines is 1. The topological polar surface area (TPSA) is 92.6 Å². The second-order valence-corrected chi connectivity index (χ2v) is 11.3. The number of hydrogen-bond donors (Lipinski definition) is 1. The van der Waals surface area contributed by atoms with Crippen LogP contribution in [0, 0.1) is 5.92 Å². The smallest absolute Gasteiger partial charge is 0.116 e. The Labute approximate surface area is 230 Å². The van der Waals surface area contributed by atoms with Crippen LogP contribution in [0.25, 0.3) is 65.6 Å². The molecule has 0 atom stereocenters. The van der Waals surface area contributed by atoms with E-state index in [1.807, 2.05) is 6.20 Å². The summed E-state index contributed by atoms with van der Waals surface area (Å²) in [6, 6.07) is 13.3. The van der Waals surface area contributed by atoms with Gasteiger partial charge in [0.15, 0.2) is 0 Å². The minimum atomic E-state index is 0.289. The predicted octanol–water partition coefficient (Wildman–Crippen LogP) is 7.83. The Bertz CT molecular complexity index is 2210. The predicted molar refractivity (Wildman–Crippen MR) is 162 cm³/mol. The van der Waals surface area contributed by atoms with Gasteiger partial charge in [-0.2, -0.15) is 0 Å². The Morgan fingerprint density at radius 3 is 2.23 bits per heavy atom. The summed E-state index contributed by atoms with van der Waals surface area (Å²) in [6.45, 7) is 8.70. The zero-order valence-electron chi connectivity index (χ0n) is 22.8. The van der Waals surface area contributed by atoms with E-state index in [9.17, 15) is 0 Å². The third kappa shape index (κ3) is 3.24. The van der Waals surface area contributed by atoms with Gasteiger partial charge in [-0.15, -0.1) is 0 Å². The Hall–Kier alpha value is -4.78. The average Bonchev–Trinajstić information content (AvgIpc) is 3.64. The minimum Gasteiger partial charge on any atom is -0.340 e. The summed E-state index contributed by atoms with van der Waals surface area (Å²) in [5.74, 6) is 1.64. The molecular formula is C33H27N7. The first kappa shape index (κ1) is 23.1. The second-order valence-electron chi connectivity index (χ2n) is 11.3. The third-order valence-electron chi connectivity index (χ3n) is 8.20. The summed E-state index contributed by atoms with van der Waals surface area (Å²) >= 11 is 0. The van der Waals surface area contributed by atoms with E-state index in [4.69, 9.17) is 19.9 Å². The van der Waals surface area contributed by atoms with Crippen LogP contribution in [-0.4, -0.2) is 35.6 Å². The van der Waals surface area contributed by atoms with Crippen LogP contribution in [0.1, 0.15) is 45.0 Å². The fourth-order valence-electron chi connectivity index (χ4n) is 6.07. The molecule has 8 rings (SSSR count). The van der Waals surface area contributed by atoms with Crippen LogP contribution in [-0.2, 0) is 6.42 Å². The SMILES string of the molecule is CC(C)C1=Nc2c(c3ccc(-c4ccc5c(c4)c4cncnc4c4[nH]c(C(C)C)nc54)cc3c3nccnc23)C1. The van der Waals surface area contributed by atoms with E-state index in [0.29, 0.717) is 5.92 Å². The van der Waals surface area contributed by atoms with Crippen LogP contribution in [0.5, 0.6) is 0 Å². The van der Waals surface area contributed by atoms with Crippen molar-refractivity contribution >= 4 is 65.9 Å². The highest BCUT2D eigenvalue weighted by Gasteiger charge is 2.24. The highest BCUT2D eigenvalue weighted by molar-refractivity contribution is 6.22. The van der Waals surface area contributed by atoms with Crippen molar-refractivity contribution in [2.75, 3.05) is 0 Å². The van der Waals surface area contributed by atoms with E-state index in [1.54, 1.807) is 18.7 Å². The van der Waals surface area contributed by atoms with Crippen molar-refractivity contribution in [2.45, 2.75) is 40.0 Å². The monoisotopic (exact) mass is 521 g/mol. The zero-order chi connectivity index (χ0) is 27.1. The quantitative estimate of drug-likeness (QED) is 0.239. The number of H-pyrrole nitrogens is 1. The first-order chi connectivity index (χ1) is 19.5. The van der Waals surface area contributed by atoms with Gasteiger partial charge in [0, 0.05) is 52.8 Å². The average molecular weight is 522 g/mol. The van der Waals surface area contributed by atoms with Crippen molar-refractivity contribution in [3.8, 4) is 11.1 Å². The van der Waals surface area contributed by atoms with Gasteiger partial charge in [-0.05, 0) is 45.5 Å². The van der Waals surface area contributed by atoms with Gasteiger partial charge < -0.3 is 4.98 Å². The molecule has 4 aromatic carbocycles. The number of aromatic nitrogens is 6. The van der Waals surface area contributed by atoms with Crippen LogP contribution in [0.15, 0.2) is 66.3 Å². The van der Waals surface area contributed by atoms with E-state index in [-0.39, 0.29) is 5.92 Å². The molecule has 0 aliphatic carbocycles. The van der Waals surface area contributed by atoms with Gasteiger partial charge in [-0.25, -0.2) is 15.0 Å². The largest absolute Gasteiger partial charge is 0.340 e. The summed E-state index contributed by atoms with van der Waals surface area (Å²) in [6.07, 6.45) is 7.90. The van der Waals surface area contributed by atoms with Crippen molar-refractivity contribution < 1.29 is 0 Å². The molecule has 1 N–H and O–H groups in total. The molecule has 4 heterocycles. The van der Waals surface area contributed by atoms with Crippen LogP contribution >= 0.6 is 0 Å². The Morgan fingerprint density at radius 1 is 0.700 bits per heavy atom. The minimum absolute atomic E-state index is 0.289. The lowest BCUT2D eigenvalue weighted by atomic mass is 9.92. The third-order valence-corrected chi connectivity index (χ3v) is 8.20. The standard InChI is InChI=1S/C33H27N7/c1-16(2)26-13-24-20-7-5-19(12-23(20)27-31(30(24)38-26)36-10-9-35-27)18-6-8-21-22(11-18)25-14-34-15-37-28(25)32-29(21)39-33(40-32)17(3)4/h5-12,14-17H,13H2,1-4H3,(H,39,40). The van der Waals surface area contributed by atoms with E-state index < -0.39 is 0 Å². The van der Waals surface area contributed by atoms with Gasteiger partial charge in [0.25, 0.3) is 0 Å². The second kappa shape index (κ2) is 8.36. The number of benzene rings is 4. The Balaban J connectivity index is 1.37. The first-order valence-corrected chi connectivity index (χ1v) is 13.8. The van der Waals surface area contributed by atoms with Crippen molar-refractivity contribution in [1.29, 1.82) is 0 Å². The maximum absolute atomic E-state index is 5.00. The summed E-state index contributed by atoms with van der Waals surface area (Å²) in [4.78, 5) is 32.0. The lowest BCUT2D eigenvalue weighted by molar-refractivity contribution is 0.799. The summed E-state index contributed by atoms with van der Waals surface area (Å²) in [5.41, 5.74) is 10.3. The van der Waals surface area contributed by atoms with Crippen molar-refractivity contribution in [2.24, 2.45) is 10.9 Å². The molecule has 0 bridgehead atoms. The number of hydrogen-bond acceptors (Lipinski definition) is 6. The first-order valence-electron chi connectivity index (χ1n) is 13.8. The summed E-state index contributed by atoms with van der Waals surface area (Å²) in [5, 5.41) is 5.51. The normalized spacial score (nSPS) is 13.5. The lowest BCUT2D eigenvalue weighted by Crippen LogP contribution is -2.06. The highest BCUT2D eigenvalue weighted by atomic mass is 14.9.